The molecule has 5 atom stereocenters. The minimum atomic E-state index is -0.683. The van der Waals surface area contributed by atoms with Crippen molar-refractivity contribution in [3.8, 4) is 0 Å². The van der Waals surface area contributed by atoms with Crippen LogP contribution in [0.1, 0.15) is 24.4 Å². The number of anilines is 1. The van der Waals surface area contributed by atoms with Crippen molar-refractivity contribution in [2.45, 2.75) is 18.9 Å². The summed E-state index contributed by atoms with van der Waals surface area (Å²) in [5.74, 6) is -0.958. The molecule has 34 heavy (non-hydrogen) atoms. The summed E-state index contributed by atoms with van der Waals surface area (Å²) in [5, 5.41) is 5.52. The molecule has 1 saturated heterocycles. The molecule has 3 aliphatic rings. The molecule has 0 radical (unpaired) electrons. The van der Waals surface area contributed by atoms with Gasteiger partial charge in [0.15, 0.2) is 0 Å². The standard InChI is InChI=1S/C28H23ClN2O3/c29-20-12-10-17(11-13-20)23(31-27(33)25-18-8-9-19(14-18)26(25)28(31)34)15-24(32)30-22-7-3-5-16-4-1-2-6-21(16)22/h1-13,18-19,23,25-26H,14-15H2,(H,30,32). The molecular weight excluding hydrogens is 448 g/mol. The predicted octanol–water partition coefficient (Wildman–Crippen LogP) is 5.37. The summed E-state index contributed by atoms with van der Waals surface area (Å²) in [4.78, 5) is 41.6. The van der Waals surface area contributed by atoms with Crippen LogP contribution in [0.15, 0.2) is 78.9 Å². The lowest BCUT2D eigenvalue weighted by Crippen LogP contribution is -2.38. The van der Waals surface area contributed by atoms with Crippen molar-refractivity contribution in [2.75, 3.05) is 5.32 Å². The second kappa shape index (κ2) is 8.10. The van der Waals surface area contributed by atoms with E-state index in [0.717, 1.165) is 22.8 Å². The van der Waals surface area contributed by atoms with E-state index in [1.165, 1.54) is 4.90 Å². The SMILES string of the molecule is O=C(CC(c1ccc(Cl)cc1)N1C(=O)C2C3C=CC(C3)C2C1=O)Nc1cccc2ccccc12. The first-order valence-electron chi connectivity index (χ1n) is 11.6. The maximum absolute atomic E-state index is 13.5. The van der Waals surface area contributed by atoms with Gasteiger partial charge in [0.05, 0.1) is 24.3 Å². The van der Waals surface area contributed by atoms with Gasteiger partial charge < -0.3 is 5.32 Å². The molecule has 5 nitrogen and oxygen atoms in total. The molecule has 1 aliphatic heterocycles. The van der Waals surface area contributed by atoms with E-state index >= 15 is 0 Å². The maximum atomic E-state index is 13.5. The number of nitrogens with zero attached hydrogens (tertiary/aromatic N) is 1. The second-order valence-electron chi connectivity index (χ2n) is 9.39. The lowest BCUT2D eigenvalue weighted by atomic mass is 9.85. The average molecular weight is 471 g/mol. The van der Waals surface area contributed by atoms with Crippen molar-refractivity contribution < 1.29 is 14.4 Å². The summed E-state index contributed by atoms with van der Waals surface area (Å²) in [6.45, 7) is 0. The minimum absolute atomic E-state index is 0.0233. The van der Waals surface area contributed by atoms with Gasteiger partial charge in [-0.1, -0.05) is 72.3 Å². The number of hydrogen-bond acceptors (Lipinski definition) is 3. The zero-order valence-electron chi connectivity index (χ0n) is 18.4. The number of carbonyl (C=O) groups is 3. The Morgan fingerprint density at radius 3 is 2.26 bits per heavy atom. The molecule has 2 aliphatic carbocycles. The third kappa shape index (κ3) is 3.34. The number of allylic oxidation sites excluding steroid dienone is 2. The van der Waals surface area contributed by atoms with Gasteiger partial charge in [0, 0.05) is 16.1 Å². The van der Waals surface area contributed by atoms with Gasteiger partial charge in [0.25, 0.3) is 0 Å². The fourth-order valence-corrected chi connectivity index (χ4v) is 6.11. The third-order valence-electron chi connectivity index (χ3n) is 7.51. The van der Waals surface area contributed by atoms with E-state index in [0.29, 0.717) is 10.7 Å². The molecular formula is C28H23ClN2O3. The van der Waals surface area contributed by atoms with Crippen LogP contribution < -0.4 is 5.32 Å². The number of halogens is 1. The van der Waals surface area contributed by atoms with Gasteiger partial charge in [-0.25, -0.2) is 0 Å². The largest absolute Gasteiger partial charge is 0.325 e. The van der Waals surface area contributed by atoms with Gasteiger partial charge in [-0.2, -0.15) is 0 Å². The van der Waals surface area contributed by atoms with Gasteiger partial charge in [-0.05, 0) is 47.4 Å². The number of amides is 3. The number of rotatable bonds is 5. The molecule has 6 rings (SSSR count). The monoisotopic (exact) mass is 470 g/mol. The highest BCUT2D eigenvalue weighted by molar-refractivity contribution is 6.30. The Bertz CT molecular complexity index is 1310. The summed E-state index contributed by atoms with van der Waals surface area (Å²) in [6, 6.07) is 19.9. The van der Waals surface area contributed by atoms with E-state index in [1.807, 2.05) is 42.5 Å². The molecule has 3 amide bonds. The van der Waals surface area contributed by atoms with Crippen molar-refractivity contribution in [2.24, 2.45) is 23.7 Å². The number of nitrogens with one attached hydrogen (secondary N) is 1. The Labute approximate surface area is 202 Å². The second-order valence-corrected chi connectivity index (χ2v) is 9.83. The van der Waals surface area contributed by atoms with Crippen LogP contribution in [0.3, 0.4) is 0 Å². The highest BCUT2D eigenvalue weighted by Gasteiger charge is 2.60. The molecule has 1 heterocycles. The van der Waals surface area contributed by atoms with Crippen molar-refractivity contribution in [3.63, 3.8) is 0 Å². The Morgan fingerprint density at radius 2 is 1.56 bits per heavy atom. The van der Waals surface area contributed by atoms with Crippen molar-refractivity contribution in [1.29, 1.82) is 0 Å². The average Bonchev–Trinajstić information content (AvgIpc) is 3.52. The van der Waals surface area contributed by atoms with Crippen LogP contribution >= 0.6 is 11.6 Å². The third-order valence-corrected chi connectivity index (χ3v) is 7.77. The number of fused-ring (bicyclic) bond motifs is 6. The van der Waals surface area contributed by atoms with E-state index in [-0.39, 0.29) is 47.8 Å². The van der Waals surface area contributed by atoms with E-state index in [2.05, 4.69) is 17.5 Å². The van der Waals surface area contributed by atoms with E-state index in [4.69, 9.17) is 11.6 Å². The van der Waals surface area contributed by atoms with Crippen molar-refractivity contribution in [1.82, 2.24) is 4.90 Å². The van der Waals surface area contributed by atoms with Crippen LogP contribution in [0.4, 0.5) is 5.69 Å². The first-order chi connectivity index (χ1) is 16.5. The molecule has 3 aromatic rings. The van der Waals surface area contributed by atoms with Crippen LogP contribution in [-0.4, -0.2) is 22.6 Å². The number of hydrogen-bond donors (Lipinski definition) is 1. The summed E-state index contributed by atoms with van der Waals surface area (Å²) in [6.07, 6.45) is 4.99. The van der Waals surface area contributed by atoms with Crippen LogP contribution in [0.2, 0.25) is 5.02 Å². The molecule has 0 aromatic heterocycles. The molecule has 2 bridgehead atoms. The topological polar surface area (TPSA) is 66.5 Å². The molecule has 3 aromatic carbocycles. The van der Waals surface area contributed by atoms with Crippen LogP contribution in [0, 0.1) is 23.7 Å². The van der Waals surface area contributed by atoms with Crippen LogP contribution in [-0.2, 0) is 14.4 Å². The van der Waals surface area contributed by atoms with Gasteiger partial charge in [0.2, 0.25) is 17.7 Å². The Kier molecular flexibility index (Phi) is 5.03. The molecule has 5 unspecified atom stereocenters. The molecule has 170 valence electrons. The summed E-state index contributed by atoms with van der Waals surface area (Å²) in [7, 11) is 0. The summed E-state index contributed by atoms with van der Waals surface area (Å²) >= 11 is 6.09. The predicted molar refractivity (Wildman–Crippen MR) is 131 cm³/mol. The molecule has 2 fully saturated rings. The first-order valence-corrected chi connectivity index (χ1v) is 12.0. The maximum Gasteiger partial charge on any atom is 0.234 e. The highest BCUT2D eigenvalue weighted by atomic mass is 35.5. The lowest BCUT2D eigenvalue weighted by molar-refractivity contribution is -0.144. The zero-order chi connectivity index (χ0) is 23.4. The van der Waals surface area contributed by atoms with Gasteiger partial charge >= 0.3 is 0 Å². The molecule has 6 heteroatoms. The smallest absolute Gasteiger partial charge is 0.234 e. The van der Waals surface area contributed by atoms with Gasteiger partial charge in [-0.3, -0.25) is 19.3 Å². The number of likely N-dealkylation sites (tertiary alicyclic amines) is 1. The number of benzene rings is 3. The summed E-state index contributed by atoms with van der Waals surface area (Å²) < 4.78 is 0. The van der Waals surface area contributed by atoms with Crippen molar-refractivity contribution in [3.05, 3.63) is 89.5 Å². The van der Waals surface area contributed by atoms with Gasteiger partial charge in [0.1, 0.15) is 0 Å². The zero-order valence-corrected chi connectivity index (χ0v) is 19.1. The molecule has 1 N–H and O–H groups in total. The first kappa shape index (κ1) is 21.1. The normalized spacial score (nSPS) is 25.7. The Balaban J connectivity index is 1.31. The van der Waals surface area contributed by atoms with E-state index < -0.39 is 6.04 Å². The Hall–Kier alpha value is -3.44. The number of imide groups is 1. The number of carbonyl (C=O) groups excluding carboxylic acids is 3. The van der Waals surface area contributed by atoms with Crippen LogP contribution in [0.5, 0.6) is 0 Å². The quantitative estimate of drug-likeness (QED) is 0.402. The van der Waals surface area contributed by atoms with E-state index in [1.54, 1.807) is 24.3 Å². The molecule has 1 saturated carbocycles. The van der Waals surface area contributed by atoms with Gasteiger partial charge in [-0.15, -0.1) is 0 Å². The van der Waals surface area contributed by atoms with E-state index in [9.17, 15) is 14.4 Å². The minimum Gasteiger partial charge on any atom is -0.325 e. The summed E-state index contributed by atoms with van der Waals surface area (Å²) in [5.41, 5.74) is 1.43. The molecule has 0 spiro atoms. The Morgan fingerprint density at radius 1 is 0.912 bits per heavy atom. The highest BCUT2D eigenvalue weighted by Crippen LogP contribution is 2.54. The fourth-order valence-electron chi connectivity index (χ4n) is 5.99. The van der Waals surface area contributed by atoms with Crippen molar-refractivity contribution >= 4 is 45.8 Å². The lowest BCUT2D eigenvalue weighted by Gasteiger charge is -2.28. The van der Waals surface area contributed by atoms with Crippen LogP contribution in [0.25, 0.3) is 10.8 Å². The fraction of sp³-hybridized carbons (Fsp3) is 0.250.